The highest BCUT2D eigenvalue weighted by Gasteiger charge is 2.19. The van der Waals surface area contributed by atoms with Crippen molar-refractivity contribution in [1.29, 1.82) is 0 Å². The molecule has 0 aromatic rings. The summed E-state index contributed by atoms with van der Waals surface area (Å²) in [6, 6.07) is 0.626. The van der Waals surface area contributed by atoms with Gasteiger partial charge in [0.1, 0.15) is 0 Å². The molecule has 1 heterocycles. The Bertz CT molecular complexity index is 268. The third-order valence-corrected chi connectivity index (χ3v) is 3.66. The molecular weight excluding hydrogens is 254 g/mol. The molecular formula is C15H31N3O2. The summed E-state index contributed by atoms with van der Waals surface area (Å²) in [5, 5.41) is 6.49. The minimum Gasteiger partial charge on any atom is -0.383 e. The van der Waals surface area contributed by atoms with Crippen LogP contribution in [0.25, 0.3) is 0 Å². The molecule has 1 rings (SSSR count). The fourth-order valence-electron chi connectivity index (χ4n) is 2.66. The zero-order chi connectivity index (χ0) is 14.8. The van der Waals surface area contributed by atoms with E-state index in [-0.39, 0.29) is 11.9 Å². The smallest absolute Gasteiger partial charge is 0.234 e. The van der Waals surface area contributed by atoms with Crippen LogP contribution in [0.1, 0.15) is 39.5 Å². The van der Waals surface area contributed by atoms with E-state index in [4.69, 9.17) is 4.74 Å². The lowest BCUT2D eigenvalue weighted by Gasteiger charge is -2.25. The lowest BCUT2D eigenvalue weighted by Crippen LogP contribution is -2.46. The number of carbonyl (C=O) groups excluding carboxylic acids is 1. The summed E-state index contributed by atoms with van der Waals surface area (Å²) in [5.41, 5.74) is 0. The van der Waals surface area contributed by atoms with Crippen molar-refractivity contribution in [1.82, 2.24) is 15.5 Å². The van der Waals surface area contributed by atoms with Crippen molar-refractivity contribution in [3.63, 3.8) is 0 Å². The van der Waals surface area contributed by atoms with Crippen LogP contribution in [0.2, 0.25) is 0 Å². The summed E-state index contributed by atoms with van der Waals surface area (Å²) in [5.74, 6) is 0.101. The second-order valence-corrected chi connectivity index (χ2v) is 5.81. The summed E-state index contributed by atoms with van der Waals surface area (Å²) < 4.78 is 5.04. The Balaban J connectivity index is 2.35. The van der Waals surface area contributed by atoms with Gasteiger partial charge in [0, 0.05) is 25.7 Å². The van der Waals surface area contributed by atoms with Crippen molar-refractivity contribution in [3.05, 3.63) is 0 Å². The number of nitrogens with one attached hydrogen (secondary N) is 2. The number of ether oxygens (including phenoxy) is 1. The summed E-state index contributed by atoms with van der Waals surface area (Å²) >= 11 is 0. The number of hydrogen-bond donors (Lipinski definition) is 2. The van der Waals surface area contributed by atoms with Crippen molar-refractivity contribution in [2.75, 3.05) is 39.9 Å². The van der Waals surface area contributed by atoms with Crippen LogP contribution >= 0.6 is 0 Å². The predicted molar refractivity (Wildman–Crippen MR) is 81.9 cm³/mol. The molecule has 5 heteroatoms. The zero-order valence-electron chi connectivity index (χ0n) is 13.3. The van der Waals surface area contributed by atoms with Crippen molar-refractivity contribution in [2.24, 2.45) is 0 Å². The number of amides is 1. The van der Waals surface area contributed by atoms with Gasteiger partial charge in [-0.2, -0.15) is 0 Å². The molecule has 20 heavy (non-hydrogen) atoms. The topological polar surface area (TPSA) is 53.6 Å². The molecule has 0 saturated carbocycles. The van der Waals surface area contributed by atoms with E-state index in [0.29, 0.717) is 19.2 Å². The van der Waals surface area contributed by atoms with E-state index in [1.807, 2.05) is 6.92 Å². The third-order valence-electron chi connectivity index (χ3n) is 3.66. The number of unbranched alkanes of at least 4 members (excludes halogenated alkanes) is 1. The first-order chi connectivity index (χ1) is 9.65. The van der Waals surface area contributed by atoms with Gasteiger partial charge in [-0.25, -0.2) is 0 Å². The Kier molecular flexibility index (Phi) is 8.82. The van der Waals surface area contributed by atoms with Gasteiger partial charge in [-0.3, -0.25) is 9.69 Å². The Morgan fingerprint density at radius 2 is 2.35 bits per heavy atom. The molecule has 1 aliphatic rings. The quantitative estimate of drug-likeness (QED) is 0.628. The fourth-order valence-corrected chi connectivity index (χ4v) is 2.66. The molecule has 0 bridgehead atoms. The molecule has 5 nitrogen and oxygen atoms in total. The number of hydrogen-bond acceptors (Lipinski definition) is 4. The van der Waals surface area contributed by atoms with Crippen LogP contribution in [0.4, 0.5) is 0 Å². The van der Waals surface area contributed by atoms with Gasteiger partial charge in [0.05, 0.1) is 13.2 Å². The Morgan fingerprint density at radius 3 is 2.95 bits per heavy atom. The van der Waals surface area contributed by atoms with E-state index < -0.39 is 0 Å². The predicted octanol–water partition coefficient (Wildman–Crippen LogP) is 0.992. The van der Waals surface area contributed by atoms with E-state index in [9.17, 15) is 4.79 Å². The highest BCUT2D eigenvalue weighted by molar-refractivity contribution is 5.78. The first-order valence-electron chi connectivity index (χ1n) is 7.89. The van der Waals surface area contributed by atoms with Crippen molar-refractivity contribution in [3.8, 4) is 0 Å². The summed E-state index contributed by atoms with van der Waals surface area (Å²) in [6.07, 6.45) is 4.79. The van der Waals surface area contributed by atoms with E-state index in [1.165, 1.54) is 12.8 Å². The van der Waals surface area contributed by atoms with Crippen LogP contribution in [-0.2, 0) is 9.53 Å². The number of carbonyl (C=O) groups is 1. The molecule has 2 unspecified atom stereocenters. The molecule has 0 radical (unpaired) electrons. The second-order valence-electron chi connectivity index (χ2n) is 5.81. The molecule has 1 saturated heterocycles. The first-order valence-corrected chi connectivity index (χ1v) is 7.89. The minimum absolute atomic E-state index is 0.0742. The molecule has 1 aliphatic heterocycles. The summed E-state index contributed by atoms with van der Waals surface area (Å²) in [4.78, 5) is 14.3. The minimum atomic E-state index is 0.0742. The maximum Gasteiger partial charge on any atom is 0.234 e. The van der Waals surface area contributed by atoms with Crippen LogP contribution in [0.3, 0.4) is 0 Å². The van der Waals surface area contributed by atoms with Gasteiger partial charge < -0.3 is 15.4 Å². The SMILES string of the molecule is CCCCN(CC(=O)NC(C)COC)CC1CCCN1. The van der Waals surface area contributed by atoms with Crippen molar-refractivity contribution >= 4 is 5.91 Å². The van der Waals surface area contributed by atoms with Crippen LogP contribution < -0.4 is 10.6 Å². The Morgan fingerprint density at radius 1 is 1.55 bits per heavy atom. The monoisotopic (exact) mass is 285 g/mol. The normalized spacial score (nSPS) is 20.3. The molecule has 1 fully saturated rings. The maximum absolute atomic E-state index is 12.0. The highest BCUT2D eigenvalue weighted by atomic mass is 16.5. The largest absolute Gasteiger partial charge is 0.383 e. The van der Waals surface area contributed by atoms with Crippen LogP contribution in [0.5, 0.6) is 0 Å². The average molecular weight is 285 g/mol. The molecule has 0 aromatic carbocycles. The molecule has 2 N–H and O–H groups in total. The number of nitrogens with zero attached hydrogens (tertiary/aromatic N) is 1. The molecule has 2 atom stereocenters. The van der Waals surface area contributed by atoms with Crippen molar-refractivity contribution < 1.29 is 9.53 Å². The van der Waals surface area contributed by atoms with Gasteiger partial charge in [0.2, 0.25) is 5.91 Å². The first kappa shape index (κ1) is 17.4. The van der Waals surface area contributed by atoms with Gasteiger partial charge in [0.25, 0.3) is 0 Å². The summed E-state index contributed by atoms with van der Waals surface area (Å²) in [6.45, 7) is 8.30. The lowest BCUT2D eigenvalue weighted by atomic mass is 10.2. The second kappa shape index (κ2) is 10.1. The average Bonchev–Trinajstić information content (AvgIpc) is 2.88. The van der Waals surface area contributed by atoms with Crippen molar-refractivity contribution in [2.45, 2.75) is 51.6 Å². The van der Waals surface area contributed by atoms with Crippen LogP contribution in [0, 0.1) is 0 Å². The van der Waals surface area contributed by atoms with Gasteiger partial charge in [-0.05, 0) is 39.3 Å². The molecule has 0 aliphatic carbocycles. The summed E-state index contributed by atoms with van der Waals surface area (Å²) in [7, 11) is 1.65. The molecule has 0 spiro atoms. The van der Waals surface area contributed by atoms with Gasteiger partial charge in [0.15, 0.2) is 0 Å². The van der Waals surface area contributed by atoms with E-state index >= 15 is 0 Å². The molecule has 0 aromatic heterocycles. The van der Waals surface area contributed by atoms with Gasteiger partial charge in [-0.1, -0.05) is 13.3 Å². The van der Waals surface area contributed by atoms with Crippen LogP contribution in [-0.4, -0.2) is 62.8 Å². The molecule has 1 amide bonds. The Hall–Kier alpha value is -0.650. The van der Waals surface area contributed by atoms with Gasteiger partial charge >= 0.3 is 0 Å². The fraction of sp³-hybridized carbons (Fsp3) is 0.933. The zero-order valence-corrected chi connectivity index (χ0v) is 13.3. The van der Waals surface area contributed by atoms with Crippen LogP contribution in [0.15, 0.2) is 0 Å². The standard InChI is InChI=1S/C15H31N3O2/c1-4-5-9-18(10-14-7-6-8-16-14)11-15(19)17-13(2)12-20-3/h13-14,16H,4-12H2,1-3H3,(H,17,19). The maximum atomic E-state index is 12.0. The highest BCUT2D eigenvalue weighted by Crippen LogP contribution is 2.07. The number of rotatable bonds is 10. The van der Waals surface area contributed by atoms with E-state index in [0.717, 1.165) is 32.5 Å². The lowest BCUT2D eigenvalue weighted by molar-refractivity contribution is -0.123. The third kappa shape index (κ3) is 7.22. The Labute approximate surface area is 123 Å². The van der Waals surface area contributed by atoms with E-state index in [2.05, 4.69) is 22.5 Å². The molecule has 118 valence electrons. The van der Waals surface area contributed by atoms with Gasteiger partial charge in [-0.15, -0.1) is 0 Å². The number of methoxy groups -OCH3 is 1. The van der Waals surface area contributed by atoms with E-state index in [1.54, 1.807) is 7.11 Å².